The highest BCUT2D eigenvalue weighted by Gasteiger charge is 2.26. The first kappa shape index (κ1) is 31.5. The summed E-state index contributed by atoms with van der Waals surface area (Å²) in [6, 6.07) is 11.0. The van der Waals surface area contributed by atoms with Crippen LogP contribution in [0, 0.1) is 0 Å². The lowest BCUT2D eigenvalue weighted by Crippen LogP contribution is -2.38. The highest BCUT2D eigenvalue weighted by atomic mass is 35.5. The van der Waals surface area contributed by atoms with Crippen molar-refractivity contribution in [3.05, 3.63) is 58.1 Å². The van der Waals surface area contributed by atoms with E-state index in [1.807, 2.05) is 0 Å². The Morgan fingerprint density at radius 2 is 1.76 bits per heavy atom. The third-order valence-corrected chi connectivity index (χ3v) is 6.01. The number of rotatable bonds is 15. The summed E-state index contributed by atoms with van der Waals surface area (Å²) in [5.41, 5.74) is 1.12. The van der Waals surface area contributed by atoms with E-state index in [-0.39, 0.29) is 44.2 Å². The van der Waals surface area contributed by atoms with Gasteiger partial charge in [0.1, 0.15) is 12.4 Å². The first-order valence-electron chi connectivity index (χ1n) is 12.1. The number of aliphatic carboxylic acids is 1. The number of carbonyl (C=O) groups is 2. The molecule has 12 heteroatoms. The molecular formula is C26H31Cl2F3N2O5. The molecule has 2 aromatic carbocycles. The first-order valence-corrected chi connectivity index (χ1v) is 12.9. The molecule has 0 fully saturated rings. The van der Waals surface area contributed by atoms with E-state index in [2.05, 4.69) is 5.32 Å². The summed E-state index contributed by atoms with van der Waals surface area (Å²) < 4.78 is 48.2. The quantitative estimate of drug-likeness (QED) is 0.221. The summed E-state index contributed by atoms with van der Waals surface area (Å²) in [7, 11) is 0. The van der Waals surface area contributed by atoms with Crippen LogP contribution < -0.4 is 10.1 Å². The van der Waals surface area contributed by atoms with E-state index in [1.165, 1.54) is 11.0 Å². The molecule has 2 N–H and O–H groups in total. The summed E-state index contributed by atoms with van der Waals surface area (Å²) in [6.45, 7) is 2.53. The van der Waals surface area contributed by atoms with Gasteiger partial charge in [0, 0.05) is 31.0 Å². The number of anilines is 1. The molecule has 1 unspecified atom stereocenters. The van der Waals surface area contributed by atoms with E-state index in [1.54, 1.807) is 43.3 Å². The van der Waals surface area contributed by atoms with Gasteiger partial charge in [-0.3, -0.25) is 0 Å². The number of unbranched alkanes of at least 4 members (excludes halogenated alkanes) is 2. The van der Waals surface area contributed by atoms with Gasteiger partial charge in [0.25, 0.3) is 0 Å². The van der Waals surface area contributed by atoms with Crippen LogP contribution in [0.3, 0.4) is 0 Å². The molecule has 0 aliphatic carbocycles. The minimum absolute atomic E-state index is 0.0170. The molecule has 0 bridgehead atoms. The molecular weight excluding hydrogens is 548 g/mol. The fourth-order valence-electron chi connectivity index (χ4n) is 3.53. The van der Waals surface area contributed by atoms with Crippen molar-refractivity contribution in [1.29, 1.82) is 0 Å². The van der Waals surface area contributed by atoms with Gasteiger partial charge >= 0.3 is 18.2 Å². The summed E-state index contributed by atoms with van der Waals surface area (Å²) in [5, 5.41) is 12.6. The largest absolute Gasteiger partial charge is 0.492 e. The Balaban J connectivity index is 1.94. The van der Waals surface area contributed by atoms with Gasteiger partial charge in [0.2, 0.25) is 0 Å². The maximum atomic E-state index is 12.9. The number of urea groups is 1. The molecule has 0 aliphatic rings. The lowest BCUT2D eigenvalue weighted by atomic mass is 10.1. The Morgan fingerprint density at radius 1 is 1.05 bits per heavy atom. The van der Waals surface area contributed by atoms with Crippen LogP contribution >= 0.6 is 23.2 Å². The summed E-state index contributed by atoms with van der Waals surface area (Å²) in [4.78, 5) is 25.6. The molecule has 2 aromatic rings. The molecule has 0 aliphatic heterocycles. The molecule has 2 rings (SSSR count). The number of hydrogen-bond acceptors (Lipinski definition) is 4. The Hall–Kier alpha value is -2.69. The van der Waals surface area contributed by atoms with Crippen LogP contribution in [0.25, 0.3) is 0 Å². The SMILES string of the molecule is CCOC(Cc1ccc(OCCN(CCCCCC(F)(F)F)C(=O)Nc2ccc(Cl)cc2Cl)cc1)C(=O)O. The predicted molar refractivity (Wildman–Crippen MR) is 140 cm³/mol. The van der Waals surface area contributed by atoms with Crippen LogP contribution in [0.4, 0.5) is 23.7 Å². The predicted octanol–water partition coefficient (Wildman–Crippen LogP) is 7.06. The molecule has 0 heterocycles. The van der Waals surface area contributed by atoms with Gasteiger partial charge in [-0.2, -0.15) is 13.2 Å². The van der Waals surface area contributed by atoms with E-state index in [0.717, 1.165) is 5.56 Å². The average molecular weight is 579 g/mol. The minimum Gasteiger partial charge on any atom is -0.492 e. The van der Waals surface area contributed by atoms with Crippen molar-refractivity contribution in [3.63, 3.8) is 0 Å². The van der Waals surface area contributed by atoms with E-state index in [9.17, 15) is 27.9 Å². The monoisotopic (exact) mass is 578 g/mol. The standard InChI is InChI=1S/C26H31Cl2F3N2O5/c1-2-37-23(24(34)35)16-18-6-9-20(10-7-18)38-15-14-33(13-5-3-4-12-26(29,30)31)25(36)32-22-11-8-19(27)17-21(22)28/h6-11,17,23H,2-5,12-16H2,1H3,(H,32,36)(H,34,35). The van der Waals surface area contributed by atoms with Crippen LogP contribution in [0.1, 0.15) is 38.2 Å². The van der Waals surface area contributed by atoms with Crippen molar-refractivity contribution in [2.75, 3.05) is 31.6 Å². The van der Waals surface area contributed by atoms with Crippen LogP contribution in [-0.4, -0.2) is 60.6 Å². The van der Waals surface area contributed by atoms with Crippen molar-refractivity contribution >= 4 is 40.9 Å². The fourth-order valence-corrected chi connectivity index (χ4v) is 3.99. The van der Waals surface area contributed by atoms with Gasteiger partial charge in [-0.15, -0.1) is 0 Å². The Labute approximate surface area is 229 Å². The zero-order valence-electron chi connectivity index (χ0n) is 20.9. The number of carboxylic acids is 1. The van der Waals surface area contributed by atoms with E-state index in [4.69, 9.17) is 32.7 Å². The Kier molecular flexibility index (Phi) is 13.0. The highest BCUT2D eigenvalue weighted by Crippen LogP contribution is 2.26. The number of hydrogen-bond donors (Lipinski definition) is 2. The lowest BCUT2D eigenvalue weighted by Gasteiger charge is -2.24. The van der Waals surface area contributed by atoms with Gasteiger partial charge in [-0.1, -0.05) is 41.8 Å². The van der Waals surface area contributed by atoms with Crippen molar-refractivity contribution in [1.82, 2.24) is 4.90 Å². The normalized spacial score (nSPS) is 12.2. The summed E-state index contributed by atoms with van der Waals surface area (Å²) >= 11 is 12.0. The maximum absolute atomic E-state index is 12.9. The second-order valence-corrected chi connectivity index (χ2v) is 9.29. The molecule has 0 radical (unpaired) electrons. The van der Waals surface area contributed by atoms with Gasteiger partial charge < -0.3 is 24.8 Å². The molecule has 0 saturated carbocycles. The Morgan fingerprint density at radius 3 is 2.37 bits per heavy atom. The third-order valence-electron chi connectivity index (χ3n) is 5.47. The number of carbonyl (C=O) groups excluding carboxylic acids is 1. The molecule has 0 aromatic heterocycles. The molecule has 2 amide bonds. The number of ether oxygens (including phenoxy) is 2. The van der Waals surface area contributed by atoms with Crippen molar-refractivity contribution in [3.8, 4) is 5.75 Å². The first-order chi connectivity index (χ1) is 18.0. The molecule has 210 valence electrons. The van der Waals surface area contributed by atoms with Gasteiger partial charge in [0.05, 0.1) is 17.3 Å². The van der Waals surface area contributed by atoms with Crippen molar-refractivity contribution in [2.45, 2.75) is 51.3 Å². The number of halogens is 5. The fraction of sp³-hybridized carbons (Fsp3) is 0.462. The molecule has 1 atom stereocenters. The third kappa shape index (κ3) is 11.8. The number of carboxylic acid groups (broad SMARTS) is 1. The maximum Gasteiger partial charge on any atom is 0.389 e. The smallest absolute Gasteiger partial charge is 0.389 e. The van der Waals surface area contributed by atoms with Crippen LogP contribution in [0.15, 0.2) is 42.5 Å². The van der Waals surface area contributed by atoms with Gasteiger partial charge in [0.15, 0.2) is 6.10 Å². The molecule has 38 heavy (non-hydrogen) atoms. The number of alkyl halides is 3. The zero-order valence-corrected chi connectivity index (χ0v) is 22.4. The molecule has 0 saturated heterocycles. The van der Waals surface area contributed by atoms with Crippen LogP contribution in [-0.2, 0) is 16.0 Å². The summed E-state index contributed by atoms with van der Waals surface area (Å²) in [6.07, 6.45) is -5.12. The topological polar surface area (TPSA) is 88.1 Å². The minimum atomic E-state index is -4.21. The molecule has 7 nitrogen and oxygen atoms in total. The van der Waals surface area contributed by atoms with E-state index < -0.39 is 30.7 Å². The number of benzene rings is 2. The van der Waals surface area contributed by atoms with Crippen LogP contribution in [0.5, 0.6) is 5.75 Å². The second-order valence-electron chi connectivity index (χ2n) is 8.45. The number of nitrogens with one attached hydrogen (secondary N) is 1. The Bertz CT molecular complexity index is 1040. The highest BCUT2D eigenvalue weighted by molar-refractivity contribution is 6.36. The number of amides is 2. The molecule has 0 spiro atoms. The van der Waals surface area contributed by atoms with Crippen molar-refractivity contribution < 1.29 is 37.3 Å². The van der Waals surface area contributed by atoms with E-state index in [0.29, 0.717) is 29.3 Å². The zero-order chi connectivity index (χ0) is 28.1. The average Bonchev–Trinajstić information content (AvgIpc) is 2.84. The summed E-state index contributed by atoms with van der Waals surface area (Å²) in [5.74, 6) is -0.521. The van der Waals surface area contributed by atoms with Gasteiger partial charge in [-0.05, 0) is 55.7 Å². The van der Waals surface area contributed by atoms with Gasteiger partial charge in [-0.25, -0.2) is 9.59 Å². The van der Waals surface area contributed by atoms with Crippen LogP contribution in [0.2, 0.25) is 10.0 Å². The van der Waals surface area contributed by atoms with Crippen molar-refractivity contribution in [2.24, 2.45) is 0 Å². The lowest BCUT2D eigenvalue weighted by molar-refractivity contribution is -0.150. The van der Waals surface area contributed by atoms with E-state index >= 15 is 0 Å². The number of nitrogens with zero attached hydrogens (tertiary/aromatic N) is 1. The second kappa shape index (κ2) is 15.7.